The van der Waals surface area contributed by atoms with E-state index in [-0.39, 0.29) is 11.3 Å². The van der Waals surface area contributed by atoms with Crippen LogP contribution in [0, 0.1) is 12.8 Å². The van der Waals surface area contributed by atoms with Crippen molar-refractivity contribution >= 4 is 11.3 Å². The van der Waals surface area contributed by atoms with Gasteiger partial charge >= 0.3 is 0 Å². The number of nitrogens with zero attached hydrogens (tertiary/aromatic N) is 2. The van der Waals surface area contributed by atoms with Crippen LogP contribution in [0.4, 0.5) is 0 Å². The summed E-state index contributed by atoms with van der Waals surface area (Å²) in [6, 6.07) is 10.4. The lowest BCUT2D eigenvalue weighted by atomic mass is 9.48. The maximum Gasteiger partial charge on any atom is 0.144 e. The molecule has 5 nitrogen and oxygen atoms in total. The zero-order chi connectivity index (χ0) is 24.1. The van der Waals surface area contributed by atoms with Crippen LogP contribution in [0.15, 0.2) is 48.1 Å². The molecular weight excluding hydrogens is 444 g/mol. The maximum absolute atomic E-state index is 11.8. The largest absolute Gasteiger partial charge is 0.489 e. The molecule has 5 atom stereocenters. The Balaban J connectivity index is 1.49. The van der Waals surface area contributed by atoms with Crippen molar-refractivity contribution in [2.24, 2.45) is 5.92 Å². The lowest BCUT2D eigenvalue weighted by Gasteiger charge is -2.59. The van der Waals surface area contributed by atoms with E-state index >= 15 is 0 Å². The third-order valence-electron chi connectivity index (χ3n) is 8.53. The van der Waals surface area contributed by atoms with E-state index in [9.17, 15) is 10.2 Å². The van der Waals surface area contributed by atoms with Gasteiger partial charge in [0.25, 0.3) is 0 Å². The molecule has 34 heavy (non-hydrogen) atoms. The minimum absolute atomic E-state index is 0.187. The van der Waals surface area contributed by atoms with Crippen LogP contribution in [0.1, 0.15) is 79.8 Å². The molecule has 2 aliphatic carbocycles. The molecule has 1 fully saturated rings. The molecule has 0 bridgehead atoms. The number of ether oxygens (including phenoxy) is 1. The smallest absolute Gasteiger partial charge is 0.144 e. The second kappa shape index (κ2) is 8.43. The number of pyridine rings is 1. The molecule has 0 saturated heterocycles. The van der Waals surface area contributed by atoms with Crippen LogP contribution >= 0.6 is 11.3 Å². The van der Waals surface area contributed by atoms with E-state index in [1.54, 1.807) is 19.3 Å². The summed E-state index contributed by atoms with van der Waals surface area (Å²) in [5.41, 5.74) is 1.88. The summed E-state index contributed by atoms with van der Waals surface area (Å²) in [6.45, 7) is 8.76. The molecule has 1 aromatic carbocycles. The van der Waals surface area contributed by atoms with E-state index in [1.807, 2.05) is 24.4 Å². The Bertz CT molecular complexity index is 1180. The van der Waals surface area contributed by atoms with Crippen LogP contribution in [0.2, 0.25) is 0 Å². The van der Waals surface area contributed by atoms with Crippen molar-refractivity contribution < 1.29 is 14.9 Å². The average molecular weight is 479 g/mol. The summed E-state index contributed by atoms with van der Waals surface area (Å²) < 4.78 is 6.18. The number of aryl methyl sites for hydroxylation is 1. The van der Waals surface area contributed by atoms with Gasteiger partial charge in [0.1, 0.15) is 23.0 Å². The van der Waals surface area contributed by atoms with Crippen molar-refractivity contribution in [3.8, 4) is 5.75 Å². The van der Waals surface area contributed by atoms with Gasteiger partial charge in [-0.05, 0) is 80.7 Å². The maximum atomic E-state index is 11.8. The van der Waals surface area contributed by atoms with Gasteiger partial charge < -0.3 is 14.9 Å². The van der Waals surface area contributed by atoms with Gasteiger partial charge in [-0.1, -0.05) is 26.0 Å². The average Bonchev–Trinajstić information content (AvgIpc) is 3.36. The van der Waals surface area contributed by atoms with E-state index < -0.39 is 11.2 Å². The van der Waals surface area contributed by atoms with Crippen LogP contribution in [0.3, 0.4) is 0 Å². The summed E-state index contributed by atoms with van der Waals surface area (Å²) in [7, 11) is 0. The standard InChI is InChI=1S/C28H34N2O3S/c1-5-27-17-26(4,31)28(32,25-30-11-12-34-25)15-21(27)13-18(2)23-14-22(8-9-24(23)27)33-16-20-7-6-10-29-19(20)3/h6-12,14,18,21,31-32H,5,13,15-17H2,1-4H3/t18-,21-,26-,27-,28+/m1/s1. The monoisotopic (exact) mass is 478 g/mol. The van der Waals surface area contributed by atoms with Crippen LogP contribution in [-0.2, 0) is 17.6 Å². The molecule has 0 spiro atoms. The summed E-state index contributed by atoms with van der Waals surface area (Å²) in [6.07, 6.45) is 6.42. The second-order valence-corrected chi connectivity index (χ2v) is 11.4. The molecule has 5 rings (SSSR count). The van der Waals surface area contributed by atoms with Crippen molar-refractivity contribution in [2.75, 3.05) is 0 Å². The molecule has 2 N–H and O–H groups in total. The molecule has 2 heterocycles. The Labute approximate surface area is 205 Å². The molecule has 180 valence electrons. The highest BCUT2D eigenvalue weighted by atomic mass is 32.1. The van der Waals surface area contributed by atoms with Gasteiger partial charge in [-0.2, -0.15) is 0 Å². The van der Waals surface area contributed by atoms with Crippen LogP contribution in [0.5, 0.6) is 5.75 Å². The number of hydrogen-bond donors (Lipinski definition) is 2. The predicted octanol–water partition coefficient (Wildman–Crippen LogP) is 5.63. The van der Waals surface area contributed by atoms with Gasteiger partial charge in [0.05, 0.1) is 5.60 Å². The topological polar surface area (TPSA) is 75.5 Å². The summed E-state index contributed by atoms with van der Waals surface area (Å²) >= 11 is 1.43. The SMILES string of the molecule is CC[C@@]12C[C@@](C)(O)[C@@](O)(c3nccs3)C[C@H]1C[C@@H](C)c1cc(OCc3cccnc3C)ccc12. The van der Waals surface area contributed by atoms with Crippen molar-refractivity contribution in [3.63, 3.8) is 0 Å². The van der Waals surface area contributed by atoms with Gasteiger partial charge in [-0.3, -0.25) is 4.98 Å². The molecule has 0 radical (unpaired) electrons. The van der Waals surface area contributed by atoms with Gasteiger partial charge in [0, 0.05) is 34.4 Å². The predicted molar refractivity (Wildman–Crippen MR) is 134 cm³/mol. The summed E-state index contributed by atoms with van der Waals surface area (Å²) in [4.78, 5) is 8.76. The number of aliphatic hydroxyl groups is 2. The van der Waals surface area contributed by atoms with Crippen LogP contribution < -0.4 is 4.74 Å². The normalized spacial score (nSPS) is 32.6. The molecule has 2 aromatic heterocycles. The first-order chi connectivity index (χ1) is 16.2. The van der Waals surface area contributed by atoms with Crippen LogP contribution in [-0.4, -0.2) is 25.8 Å². The Morgan fingerprint density at radius 3 is 2.71 bits per heavy atom. The minimum Gasteiger partial charge on any atom is -0.489 e. The van der Waals surface area contributed by atoms with Gasteiger partial charge in [-0.25, -0.2) is 4.98 Å². The Morgan fingerprint density at radius 2 is 2.00 bits per heavy atom. The third kappa shape index (κ3) is 3.58. The minimum atomic E-state index is -1.33. The number of benzene rings is 1. The second-order valence-electron chi connectivity index (χ2n) is 10.5. The van der Waals surface area contributed by atoms with E-state index in [4.69, 9.17) is 4.74 Å². The van der Waals surface area contributed by atoms with Gasteiger partial charge in [-0.15, -0.1) is 11.3 Å². The highest BCUT2D eigenvalue weighted by Gasteiger charge is 2.62. The zero-order valence-electron chi connectivity index (χ0n) is 20.4. The Kier molecular flexibility index (Phi) is 5.82. The Morgan fingerprint density at radius 1 is 1.18 bits per heavy atom. The number of aromatic nitrogens is 2. The highest BCUT2D eigenvalue weighted by Crippen LogP contribution is 2.62. The van der Waals surface area contributed by atoms with Crippen molar-refractivity contribution in [1.29, 1.82) is 0 Å². The molecule has 3 aromatic rings. The lowest BCUT2D eigenvalue weighted by molar-refractivity contribution is -0.205. The number of fused-ring (bicyclic) bond motifs is 3. The van der Waals surface area contributed by atoms with E-state index in [2.05, 4.69) is 42.0 Å². The van der Waals surface area contributed by atoms with E-state index in [0.717, 1.165) is 29.8 Å². The highest BCUT2D eigenvalue weighted by molar-refractivity contribution is 7.09. The quantitative estimate of drug-likeness (QED) is 0.497. The fraction of sp³-hybridized carbons (Fsp3) is 0.500. The zero-order valence-corrected chi connectivity index (χ0v) is 21.2. The van der Waals surface area contributed by atoms with Crippen molar-refractivity contribution in [2.45, 2.75) is 82.5 Å². The number of hydrogen-bond acceptors (Lipinski definition) is 6. The first kappa shape index (κ1) is 23.5. The lowest BCUT2D eigenvalue weighted by Crippen LogP contribution is -2.62. The summed E-state index contributed by atoms with van der Waals surface area (Å²) in [5.74, 6) is 1.46. The third-order valence-corrected chi connectivity index (χ3v) is 9.45. The van der Waals surface area contributed by atoms with Gasteiger partial charge in [0.15, 0.2) is 0 Å². The number of thiazole rings is 1. The van der Waals surface area contributed by atoms with Crippen molar-refractivity contribution in [3.05, 3.63) is 75.5 Å². The first-order valence-electron chi connectivity index (χ1n) is 12.2. The molecule has 2 aliphatic rings. The summed E-state index contributed by atoms with van der Waals surface area (Å²) in [5, 5.41) is 25.9. The van der Waals surface area contributed by atoms with E-state index in [1.165, 1.54) is 22.5 Å². The van der Waals surface area contributed by atoms with Gasteiger partial charge in [0.2, 0.25) is 0 Å². The van der Waals surface area contributed by atoms with E-state index in [0.29, 0.717) is 30.4 Å². The molecular formula is C28H34N2O3S. The first-order valence-corrected chi connectivity index (χ1v) is 13.1. The molecule has 0 unspecified atom stereocenters. The Hall–Kier alpha value is -2.28. The number of rotatable bonds is 5. The molecule has 6 heteroatoms. The van der Waals surface area contributed by atoms with Crippen LogP contribution in [0.25, 0.3) is 0 Å². The fourth-order valence-electron chi connectivity index (χ4n) is 6.53. The molecule has 0 aliphatic heterocycles. The molecule has 1 saturated carbocycles. The fourth-order valence-corrected chi connectivity index (χ4v) is 7.40. The molecule has 0 amide bonds. The van der Waals surface area contributed by atoms with Crippen molar-refractivity contribution in [1.82, 2.24) is 9.97 Å².